The summed E-state index contributed by atoms with van der Waals surface area (Å²) in [5.74, 6) is 0. The van der Waals surface area contributed by atoms with E-state index in [0.29, 0.717) is 13.0 Å². The third-order valence-corrected chi connectivity index (χ3v) is 1.88. The molecule has 2 N–H and O–H groups in total. The van der Waals surface area contributed by atoms with Gasteiger partial charge in [0.15, 0.2) is 0 Å². The van der Waals surface area contributed by atoms with E-state index in [0.717, 1.165) is 0 Å². The molecule has 9 heavy (non-hydrogen) atoms. The molecule has 0 aromatic carbocycles. The zero-order chi connectivity index (χ0) is 6.85. The number of likely N-dealkylation sites (tertiary alicyclic amines) is 1. The van der Waals surface area contributed by atoms with Crippen LogP contribution in [0.2, 0.25) is 0 Å². The van der Waals surface area contributed by atoms with Crippen LogP contribution in [-0.2, 0) is 0 Å². The largest absolute Gasteiger partial charge is 0.395 e. The van der Waals surface area contributed by atoms with Crippen LogP contribution in [0, 0.1) is 0 Å². The molecule has 1 heterocycles. The summed E-state index contributed by atoms with van der Waals surface area (Å²) in [6.45, 7) is 0.860. The van der Waals surface area contributed by atoms with Gasteiger partial charge in [-0.3, -0.25) is 4.90 Å². The summed E-state index contributed by atoms with van der Waals surface area (Å²) < 4.78 is 0. The van der Waals surface area contributed by atoms with Crippen LogP contribution in [0.1, 0.15) is 6.42 Å². The van der Waals surface area contributed by atoms with Crippen LogP contribution in [0.4, 0.5) is 0 Å². The molecule has 1 unspecified atom stereocenters. The molecule has 3 heteroatoms. The van der Waals surface area contributed by atoms with Crippen molar-refractivity contribution in [2.45, 2.75) is 18.6 Å². The number of nitrogens with zero attached hydrogens (tertiary/aromatic N) is 1. The summed E-state index contributed by atoms with van der Waals surface area (Å²) in [6, 6.07) is 0.181. The highest BCUT2D eigenvalue weighted by atomic mass is 16.3. The summed E-state index contributed by atoms with van der Waals surface area (Å²) in [5, 5.41) is 17.7. The first kappa shape index (κ1) is 6.99. The van der Waals surface area contributed by atoms with E-state index in [9.17, 15) is 0 Å². The second-order valence-electron chi connectivity index (χ2n) is 2.67. The smallest absolute Gasteiger partial charge is 0.0682 e. The third kappa shape index (κ3) is 1.41. The summed E-state index contributed by atoms with van der Waals surface area (Å²) in [6.07, 6.45) is 0.486. The van der Waals surface area contributed by atoms with Gasteiger partial charge in [0.1, 0.15) is 0 Å². The average molecular weight is 131 g/mol. The minimum absolute atomic E-state index is 0.160. The van der Waals surface area contributed by atoms with Gasteiger partial charge in [-0.1, -0.05) is 0 Å². The van der Waals surface area contributed by atoms with Crippen molar-refractivity contribution in [2.75, 3.05) is 20.2 Å². The van der Waals surface area contributed by atoms with Gasteiger partial charge in [-0.2, -0.15) is 0 Å². The molecule has 0 spiro atoms. The molecule has 54 valence electrons. The fraction of sp³-hybridized carbons (Fsp3) is 1.00. The lowest BCUT2D eigenvalue weighted by molar-refractivity contribution is 0.180. The van der Waals surface area contributed by atoms with Gasteiger partial charge in [0.05, 0.1) is 12.7 Å². The Hall–Kier alpha value is -0.120. The first-order valence-corrected chi connectivity index (χ1v) is 3.23. The van der Waals surface area contributed by atoms with Gasteiger partial charge in [0.25, 0.3) is 0 Å². The highest BCUT2D eigenvalue weighted by Crippen LogP contribution is 2.13. The molecule has 2 atom stereocenters. The first-order chi connectivity index (χ1) is 4.24. The highest BCUT2D eigenvalue weighted by molar-refractivity contribution is 4.81. The highest BCUT2D eigenvalue weighted by Gasteiger charge is 2.26. The SMILES string of the molecule is CN1C[C@H](O)CC1CO. The number of hydrogen-bond donors (Lipinski definition) is 2. The molecule has 0 saturated carbocycles. The van der Waals surface area contributed by atoms with Crippen molar-refractivity contribution >= 4 is 0 Å². The Morgan fingerprint density at radius 1 is 1.67 bits per heavy atom. The Morgan fingerprint density at radius 3 is 2.56 bits per heavy atom. The Bertz CT molecular complexity index is 97.1. The third-order valence-electron chi connectivity index (χ3n) is 1.88. The van der Waals surface area contributed by atoms with Crippen LogP contribution in [0.3, 0.4) is 0 Å². The minimum Gasteiger partial charge on any atom is -0.395 e. The molecule has 1 fully saturated rings. The van der Waals surface area contributed by atoms with Crippen LogP contribution in [-0.4, -0.2) is 47.5 Å². The van der Waals surface area contributed by atoms with Gasteiger partial charge in [-0.05, 0) is 13.5 Å². The molecular weight excluding hydrogens is 118 g/mol. The van der Waals surface area contributed by atoms with Gasteiger partial charge >= 0.3 is 0 Å². The van der Waals surface area contributed by atoms with E-state index < -0.39 is 0 Å². The van der Waals surface area contributed by atoms with E-state index in [1.807, 2.05) is 11.9 Å². The van der Waals surface area contributed by atoms with E-state index in [1.54, 1.807) is 0 Å². The van der Waals surface area contributed by atoms with Gasteiger partial charge in [0, 0.05) is 12.6 Å². The molecule has 1 aliphatic rings. The maximum Gasteiger partial charge on any atom is 0.0682 e. The van der Waals surface area contributed by atoms with Crippen LogP contribution in [0.5, 0.6) is 0 Å². The number of rotatable bonds is 1. The molecule has 1 rings (SSSR count). The van der Waals surface area contributed by atoms with Gasteiger partial charge in [-0.15, -0.1) is 0 Å². The molecule has 0 radical (unpaired) electrons. The summed E-state index contributed by atoms with van der Waals surface area (Å²) in [5.41, 5.74) is 0. The summed E-state index contributed by atoms with van der Waals surface area (Å²) >= 11 is 0. The van der Waals surface area contributed by atoms with E-state index in [1.165, 1.54) is 0 Å². The molecule has 1 saturated heterocycles. The van der Waals surface area contributed by atoms with Crippen molar-refractivity contribution in [1.29, 1.82) is 0 Å². The topological polar surface area (TPSA) is 43.7 Å². The molecule has 1 aliphatic heterocycles. The van der Waals surface area contributed by atoms with E-state index in [2.05, 4.69) is 0 Å². The number of likely N-dealkylation sites (N-methyl/N-ethyl adjacent to an activating group) is 1. The van der Waals surface area contributed by atoms with Gasteiger partial charge < -0.3 is 10.2 Å². The van der Waals surface area contributed by atoms with Crippen LogP contribution < -0.4 is 0 Å². The molecule has 3 nitrogen and oxygen atoms in total. The lowest BCUT2D eigenvalue weighted by atomic mass is 10.2. The van der Waals surface area contributed by atoms with Crippen LogP contribution in [0.25, 0.3) is 0 Å². The average Bonchev–Trinajstić information content (AvgIpc) is 2.10. The van der Waals surface area contributed by atoms with Crippen LogP contribution >= 0.6 is 0 Å². The second kappa shape index (κ2) is 2.64. The zero-order valence-electron chi connectivity index (χ0n) is 5.62. The molecule has 0 aromatic heterocycles. The Balaban J connectivity index is 2.38. The van der Waals surface area contributed by atoms with E-state index in [4.69, 9.17) is 10.2 Å². The van der Waals surface area contributed by atoms with Gasteiger partial charge in [-0.25, -0.2) is 0 Å². The van der Waals surface area contributed by atoms with Crippen molar-refractivity contribution in [3.05, 3.63) is 0 Å². The van der Waals surface area contributed by atoms with Gasteiger partial charge in [0.2, 0.25) is 0 Å². The van der Waals surface area contributed by atoms with Crippen molar-refractivity contribution in [1.82, 2.24) is 4.90 Å². The van der Waals surface area contributed by atoms with E-state index >= 15 is 0 Å². The lowest BCUT2D eigenvalue weighted by Gasteiger charge is -2.14. The molecule has 0 bridgehead atoms. The molecule has 0 aliphatic carbocycles. The zero-order valence-corrected chi connectivity index (χ0v) is 5.62. The Kier molecular flexibility index (Phi) is 2.05. The molecule has 0 amide bonds. The maximum absolute atomic E-state index is 9.05. The van der Waals surface area contributed by atoms with Crippen molar-refractivity contribution in [2.24, 2.45) is 0 Å². The predicted octanol–water partition coefficient (Wildman–Crippen LogP) is -0.956. The molecule has 0 aromatic rings. The number of aliphatic hydroxyl groups excluding tert-OH is 2. The number of hydrogen-bond acceptors (Lipinski definition) is 3. The Morgan fingerprint density at radius 2 is 2.33 bits per heavy atom. The monoisotopic (exact) mass is 131 g/mol. The minimum atomic E-state index is -0.229. The summed E-state index contributed by atoms with van der Waals surface area (Å²) in [4.78, 5) is 1.98. The fourth-order valence-corrected chi connectivity index (χ4v) is 1.26. The van der Waals surface area contributed by atoms with Crippen molar-refractivity contribution < 1.29 is 10.2 Å². The van der Waals surface area contributed by atoms with E-state index in [-0.39, 0.29) is 18.8 Å². The second-order valence-corrected chi connectivity index (χ2v) is 2.67. The van der Waals surface area contributed by atoms with Crippen molar-refractivity contribution in [3.63, 3.8) is 0 Å². The lowest BCUT2D eigenvalue weighted by Crippen LogP contribution is -2.27. The fourth-order valence-electron chi connectivity index (χ4n) is 1.26. The maximum atomic E-state index is 9.05. The van der Waals surface area contributed by atoms with Crippen molar-refractivity contribution in [3.8, 4) is 0 Å². The molecular formula is C6H13NO2. The predicted molar refractivity (Wildman–Crippen MR) is 34.1 cm³/mol. The van der Waals surface area contributed by atoms with Crippen LogP contribution in [0.15, 0.2) is 0 Å². The Labute approximate surface area is 54.9 Å². The number of aliphatic hydroxyl groups is 2. The number of β-amino-alcohol motifs (C(OH)–C–C–N with tert-alkyl or cyclic N) is 1. The summed E-state index contributed by atoms with van der Waals surface area (Å²) in [7, 11) is 1.91. The normalized spacial score (nSPS) is 37.7. The first-order valence-electron chi connectivity index (χ1n) is 3.23. The quantitative estimate of drug-likeness (QED) is 0.482. The standard InChI is InChI=1S/C6H13NO2/c1-7-3-6(9)2-5(7)4-8/h5-6,8-9H,2-4H2,1H3/t5?,6-/m1/s1.